The highest BCUT2D eigenvalue weighted by molar-refractivity contribution is 7.13. The van der Waals surface area contributed by atoms with Gasteiger partial charge in [-0.25, -0.2) is 0 Å². The summed E-state index contributed by atoms with van der Waals surface area (Å²) in [4.78, 5) is 15.1. The van der Waals surface area contributed by atoms with Gasteiger partial charge in [-0.15, -0.1) is 11.3 Å². The largest absolute Gasteiger partial charge is 0.368 e. The maximum Gasteiger partial charge on any atom is 0.160 e. The molecule has 0 N–H and O–H groups in total. The van der Waals surface area contributed by atoms with Crippen LogP contribution in [0.4, 0.5) is 0 Å². The van der Waals surface area contributed by atoms with Crippen molar-refractivity contribution in [3.63, 3.8) is 0 Å². The summed E-state index contributed by atoms with van der Waals surface area (Å²) in [6.07, 6.45) is 1.83. The van der Waals surface area contributed by atoms with Crippen LogP contribution in [0, 0.1) is 6.92 Å². The van der Waals surface area contributed by atoms with E-state index < -0.39 is 0 Å². The molecule has 0 fully saturated rings. The van der Waals surface area contributed by atoms with Crippen molar-refractivity contribution < 1.29 is 9.53 Å². The molecule has 22 heavy (non-hydrogen) atoms. The second-order valence-electron chi connectivity index (χ2n) is 6.05. The summed E-state index contributed by atoms with van der Waals surface area (Å²) in [7, 11) is 4.15. The van der Waals surface area contributed by atoms with Crippen LogP contribution in [0.15, 0.2) is 24.3 Å². The predicted octanol–water partition coefficient (Wildman–Crippen LogP) is 3.59. The number of aldehydes is 1. The predicted molar refractivity (Wildman–Crippen MR) is 89.8 cm³/mol. The highest BCUT2D eigenvalue weighted by Crippen LogP contribution is 2.37. The van der Waals surface area contributed by atoms with Gasteiger partial charge in [-0.1, -0.05) is 18.2 Å². The van der Waals surface area contributed by atoms with Gasteiger partial charge < -0.3 is 9.64 Å². The Labute approximate surface area is 135 Å². The number of carbonyl (C=O) groups excluding carboxylic acids is 1. The van der Waals surface area contributed by atoms with E-state index >= 15 is 0 Å². The Morgan fingerprint density at radius 3 is 2.82 bits per heavy atom. The molecule has 1 atom stereocenters. The van der Waals surface area contributed by atoms with Crippen molar-refractivity contribution >= 4 is 17.6 Å². The van der Waals surface area contributed by atoms with Crippen LogP contribution < -0.4 is 0 Å². The Balaban J connectivity index is 2.01. The van der Waals surface area contributed by atoms with Gasteiger partial charge in [0.05, 0.1) is 11.5 Å². The Hall–Kier alpha value is -1.49. The molecule has 1 aromatic heterocycles. The fraction of sp³-hybridized carbons (Fsp3) is 0.389. The van der Waals surface area contributed by atoms with Crippen molar-refractivity contribution in [3.05, 3.63) is 56.3 Å². The SMILES string of the molecule is Cc1sc(C=O)cc1C1OCCc2ccc(CN(C)C)cc21. The first kappa shape index (κ1) is 15.4. The van der Waals surface area contributed by atoms with Crippen molar-refractivity contribution in [2.75, 3.05) is 20.7 Å². The van der Waals surface area contributed by atoms with E-state index in [0.717, 1.165) is 41.2 Å². The van der Waals surface area contributed by atoms with Crippen molar-refractivity contribution in [1.29, 1.82) is 0 Å². The van der Waals surface area contributed by atoms with Gasteiger partial charge in [0.25, 0.3) is 0 Å². The molecule has 1 unspecified atom stereocenters. The van der Waals surface area contributed by atoms with E-state index in [1.54, 1.807) is 11.3 Å². The molecule has 0 aliphatic carbocycles. The monoisotopic (exact) mass is 315 g/mol. The van der Waals surface area contributed by atoms with Gasteiger partial charge >= 0.3 is 0 Å². The Kier molecular flexibility index (Phi) is 4.43. The van der Waals surface area contributed by atoms with Crippen molar-refractivity contribution in [1.82, 2.24) is 4.90 Å². The zero-order valence-electron chi connectivity index (χ0n) is 13.3. The van der Waals surface area contributed by atoms with Crippen molar-refractivity contribution in [2.45, 2.75) is 26.0 Å². The van der Waals surface area contributed by atoms with Crippen LogP contribution in [-0.2, 0) is 17.7 Å². The lowest BCUT2D eigenvalue weighted by atomic mass is 9.91. The third-order valence-electron chi connectivity index (χ3n) is 4.02. The lowest BCUT2D eigenvalue weighted by Gasteiger charge is -2.27. The lowest BCUT2D eigenvalue weighted by molar-refractivity contribution is 0.0696. The molecule has 0 saturated carbocycles. The number of benzene rings is 1. The number of fused-ring (bicyclic) bond motifs is 1. The van der Waals surface area contributed by atoms with E-state index in [2.05, 4.69) is 44.1 Å². The second-order valence-corrected chi connectivity index (χ2v) is 7.34. The van der Waals surface area contributed by atoms with Crippen LogP contribution in [0.1, 0.15) is 42.9 Å². The number of carbonyl (C=O) groups is 1. The van der Waals surface area contributed by atoms with Crippen LogP contribution in [-0.4, -0.2) is 31.9 Å². The topological polar surface area (TPSA) is 29.5 Å². The third kappa shape index (κ3) is 3.00. The van der Waals surface area contributed by atoms with Gasteiger partial charge in [-0.05, 0) is 55.8 Å². The number of aryl methyl sites for hydroxylation is 1. The van der Waals surface area contributed by atoms with Gasteiger partial charge in [0.15, 0.2) is 6.29 Å². The summed E-state index contributed by atoms with van der Waals surface area (Å²) in [6.45, 7) is 3.72. The van der Waals surface area contributed by atoms with Crippen molar-refractivity contribution in [3.8, 4) is 0 Å². The first-order valence-corrected chi connectivity index (χ1v) is 8.33. The number of hydrogen-bond acceptors (Lipinski definition) is 4. The minimum atomic E-state index is -0.0455. The zero-order valence-corrected chi connectivity index (χ0v) is 14.1. The molecular formula is C18H21NO2S. The van der Waals surface area contributed by atoms with E-state index in [4.69, 9.17) is 4.74 Å². The minimum absolute atomic E-state index is 0.0455. The molecule has 0 bridgehead atoms. The quantitative estimate of drug-likeness (QED) is 0.808. The van der Waals surface area contributed by atoms with E-state index in [-0.39, 0.29) is 6.10 Å². The van der Waals surface area contributed by atoms with Gasteiger partial charge in [0.2, 0.25) is 0 Å². The molecule has 3 nitrogen and oxygen atoms in total. The molecule has 0 amide bonds. The molecular weight excluding hydrogens is 294 g/mol. The van der Waals surface area contributed by atoms with E-state index in [9.17, 15) is 4.79 Å². The summed E-state index contributed by atoms with van der Waals surface area (Å²) in [5, 5.41) is 0. The summed E-state index contributed by atoms with van der Waals surface area (Å²) < 4.78 is 6.07. The maximum atomic E-state index is 11.0. The molecule has 116 valence electrons. The van der Waals surface area contributed by atoms with Crippen LogP contribution in [0.5, 0.6) is 0 Å². The first-order chi connectivity index (χ1) is 10.6. The Morgan fingerprint density at radius 2 is 2.14 bits per heavy atom. The van der Waals surface area contributed by atoms with E-state index in [0.29, 0.717) is 0 Å². The number of ether oxygens (including phenoxy) is 1. The van der Waals surface area contributed by atoms with Crippen molar-refractivity contribution in [2.24, 2.45) is 0 Å². The molecule has 2 heterocycles. The summed E-state index contributed by atoms with van der Waals surface area (Å²) in [6, 6.07) is 8.67. The molecule has 1 aliphatic rings. The molecule has 1 aromatic carbocycles. The van der Waals surface area contributed by atoms with Crippen LogP contribution in [0.2, 0.25) is 0 Å². The maximum absolute atomic E-state index is 11.0. The highest BCUT2D eigenvalue weighted by atomic mass is 32.1. The zero-order chi connectivity index (χ0) is 15.7. The highest BCUT2D eigenvalue weighted by Gasteiger charge is 2.25. The Morgan fingerprint density at radius 1 is 1.32 bits per heavy atom. The standard InChI is InChI=1S/C18H21NO2S/c1-12-16(9-15(11-20)22-12)18-17-8-13(10-19(2)3)4-5-14(17)6-7-21-18/h4-5,8-9,11,18H,6-7,10H2,1-3H3. The molecule has 2 aromatic rings. The van der Waals surface area contributed by atoms with Gasteiger partial charge in [-0.2, -0.15) is 0 Å². The summed E-state index contributed by atoms with van der Waals surface area (Å²) in [5.41, 5.74) is 5.04. The average Bonchev–Trinajstić information content (AvgIpc) is 2.87. The fourth-order valence-electron chi connectivity index (χ4n) is 3.05. The summed E-state index contributed by atoms with van der Waals surface area (Å²) >= 11 is 1.54. The van der Waals surface area contributed by atoms with E-state index in [1.165, 1.54) is 16.7 Å². The van der Waals surface area contributed by atoms with E-state index in [1.807, 2.05) is 6.07 Å². The van der Waals surface area contributed by atoms with Gasteiger partial charge in [-0.3, -0.25) is 4.79 Å². The molecule has 3 rings (SSSR count). The van der Waals surface area contributed by atoms with Gasteiger partial charge in [0.1, 0.15) is 6.10 Å². The second kappa shape index (κ2) is 6.32. The average molecular weight is 315 g/mol. The molecule has 0 radical (unpaired) electrons. The van der Waals surface area contributed by atoms with Crippen LogP contribution >= 0.6 is 11.3 Å². The smallest absolute Gasteiger partial charge is 0.160 e. The number of rotatable bonds is 4. The van der Waals surface area contributed by atoms with Crippen LogP contribution in [0.25, 0.3) is 0 Å². The first-order valence-electron chi connectivity index (χ1n) is 7.52. The van der Waals surface area contributed by atoms with Crippen LogP contribution in [0.3, 0.4) is 0 Å². The number of nitrogens with zero attached hydrogens (tertiary/aromatic N) is 1. The summed E-state index contributed by atoms with van der Waals surface area (Å²) in [5.74, 6) is 0. The third-order valence-corrected chi connectivity index (χ3v) is 5.01. The number of hydrogen-bond donors (Lipinski definition) is 0. The molecule has 0 saturated heterocycles. The minimum Gasteiger partial charge on any atom is -0.368 e. The molecule has 0 spiro atoms. The fourth-order valence-corrected chi connectivity index (χ4v) is 3.92. The van der Waals surface area contributed by atoms with Gasteiger partial charge in [0, 0.05) is 11.4 Å². The molecule has 4 heteroatoms. The number of thiophene rings is 1. The normalized spacial score (nSPS) is 17.5. The Bertz CT molecular complexity index is 690. The molecule has 1 aliphatic heterocycles. The lowest BCUT2D eigenvalue weighted by Crippen LogP contribution is -2.19.